The van der Waals surface area contributed by atoms with Crippen molar-refractivity contribution in [3.8, 4) is 0 Å². The van der Waals surface area contributed by atoms with Crippen LogP contribution in [0.2, 0.25) is 0 Å². The molecule has 2 fully saturated rings. The van der Waals surface area contributed by atoms with Gasteiger partial charge in [-0.25, -0.2) is 0 Å². The smallest absolute Gasteiger partial charge is 0.311 e. The number of morpholine rings is 1. The number of amides is 3. The van der Waals surface area contributed by atoms with Crippen LogP contribution in [-0.4, -0.2) is 86.5 Å². The minimum absolute atomic E-state index is 0.0202. The first-order valence-corrected chi connectivity index (χ1v) is 7.32. The summed E-state index contributed by atoms with van der Waals surface area (Å²) >= 11 is 0. The fraction of sp³-hybridized carbons (Fsp3) is 0.769. The van der Waals surface area contributed by atoms with Crippen molar-refractivity contribution >= 4 is 17.7 Å². The van der Waals surface area contributed by atoms with E-state index in [-0.39, 0.29) is 18.9 Å². The predicted molar refractivity (Wildman–Crippen MR) is 74.5 cm³/mol. The van der Waals surface area contributed by atoms with Gasteiger partial charge in [0.25, 0.3) is 0 Å². The number of carbonyl (C=O) groups excluding carboxylic acids is 3. The minimum atomic E-state index is -0.633. The van der Waals surface area contributed by atoms with Crippen LogP contribution in [0.4, 0.5) is 0 Å². The van der Waals surface area contributed by atoms with Crippen molar-refractivity contribution in [1.82, 2.24) is 20.4 Å². The Kier molecular flexibility index (Phi) is 5.94. The lowest BCUT2D eigenvalue weighted by Crippen LogP contribution is -2.51. The van der Waals surface area contributed by atoms with E-state index in [0.29, 0.717) is 52.5 Å². The Bertz CT molecular complexity index is 390. The number of rotatable bonds is 3. The van der Waals surface area contributed by atoms with Crippen LogP contribution in [0.25, 0.3) is 0 Å². The molecular weight excluding hydrogens is 276 g/mol. The van der Waals surface area contributed by atoms with E-state index in [2.05, 4.69) is 10.6 Å². The highest BCUT2D eigenvalue weighted by Crippen LogP contribution is 1.99. The molecule has 0 aromatic rings. The summed E-state index contributed by atoms with van der Waals surface area (Å²) in [7, 11) is 0. The lowest BCUT2D eigenvalue weighted by atomic mass is 10.3. The summed E-state index contributed by atoms with van der Waals surface area (Å²) in [4.78, 5) is 38.7. The largest absolute Gasteiger partial charge is 0.378 e. The first-order valence-electron chi connectivity index (χ1n) is 7.32. The second-order valence-electron chi connectivity index (χ2n) is 5.04. The first kappa shape index (κ1) is 15.7. The van der Waals surface area contributed by atoms with Gasteiger partial charge in [0, 0.05) is 52.2 Å². The van der Waals surface area contributed by atoms with Gasteiger partial charge in [-0.1, -0.05) is 0 Å². The Morgan fingerprint density at radius 2 is 1.67 bits per heavy atom. The molecule has 8 nitrogen and oxygen atoms in total. The van der Waals surface area contributed by atoms with E-state index in [1.807, 2.05) is 0 Å². The minimum Gasteiger partial charge on any atom is -0.378 e. The Morgan fingerprint density at radius 1 is 1.00 bits per heavy atom. The molecule has 118 valence electrons. The summed E-state index contributed by atoms with van der Waals surface area (Å²) in [5, 5.41) is 5.64. The molecule has 2 N–H and O–H groups in total. The van der Waals surface area contributed by atoms with Gasteiger partial charge in [0.15, 0.2) is 0 Å². The molecule has 3 amide bonds. The van der Waals surface area contributed by atoms with E-state index in [1.165, 1.54) is 4.90 Å². The van der Waals surface area contributed by atoms with Crippen LogP contribution in [-0.2, 0) is 19.1 Å². The average Bonchev–Trinajstić information content (AvgIpc) is 2.55. The maximum absolute atomic E-state index is 11.9. The third-order valence-corrected chi connectivity index (χ3v) is 3.59. The number of ether oxygens (including phenoxy) is 1. The average molecular weight is 298 g/mol. The van der Waals surface area contributed by atoms with Gasteiger partial charge in [0.2, 0.25) is 5.91 Å². The molecule has 0 saturated carbocycles. The van der Waals surface area contributed by atoms with E-state index in [0.717, 1.165) is 0 Å². The fourth-order valence-corrected chi connectivity index (χ4v) is 2.34. The molecule has 0 bridgehead atoms. The van der Waals surface area contributed by atoms with Crippen LogP contribution in [0, 0.1) is 0 Å². The lowest BCUT2D eigenvalue weighted by molar-refractivity contribution is -0.146. The third kappa shape index (κ3) is 4.68. The van der Waals surface area contributed by atoms with Crippen molar-refractivity contribution in [2.24, 2.45) is 0 Å². The predicted octanol–water partition coefficient (Wildman–Crippen LogP) is -2.22. The molecule has 8 heteroatoms. The van der Waals surface area contributed by atoms with Gasteiger partial charge in [-0.2, -0.15) is 0 Å². The van der Waals surface area contributed by atoms with E-state index >= 15 is 0 Å². The van der Waals surface area contributed by atoms with Crippen molar-refractivity contribution in [3.63, 3.8) is 0 Å². The van der Waals surface area contributed by atoms with Crippen molar-refractivity contribution in [1.29, 1.82) is 0 Å². The standard InChI is InChI=1S/C13H22N4O4/c18-11(16-7-9-21-10-8-16)1-2-15-12(19)13(20)17-5-3-14-4-6-17/h14H,1-10H2,(H,15,19). The lowest BCUT2D eigenvalue weighted by Gasteiger charge is -2.27. The second kappa shape index (κ2) is 7.94. The molecule has 2 saturated heterocycles. The highest BCUT2D eigenvalue weighted by Gasteiger charge is 2.23. The highest BCUT2D eigenvalue weighted by molar-refractivity contribution is 6.35. The molecule has 0 aromatic heterocycles. The van der Waals surface area contributed by atoms with Gasteiger partial charge in [-0.05, 0) is 0 Å². The number of carbonyl (C=O) groups is 3. The van der Waals surface area contributed by atoms with Gasteiger partial charge in [0.05, 0.1) is 13.2 Å². The van der Waals surface area contributed by atoms with Crippen LogP contribution < -0.4 is 10.6 Å². The van der Waals surface area contributed by atoms with Crippen LogP contribution in [0.1, 0.15) is 6.42 Å². The van der Waals surface area contributed by atoms with Crippen molar-refractivity contribution < 1.29 is 19.1 Å². The SMILES string of the molecule is O=C(NCCC(=O)N1CCOCC1)C(=O)N1CCNCC1. The summed E-state index contributed by atoms with van der Waals surface area (Å²) in [6, 6.07) is 0. The number of nitrogens with zero attached hydrogens (tertiary/aromatic N) is 2. The molecular formula is C13H22N4O4. The van der Waals surface area contributed by atoms with Gasteiger partial charge >= 0.3 is 11.8 Å². The Morgan fingerprint density at radius 3 is 2.33 bits per heavy atom. The Balaban J connectivity index is 1.66. The van der Waals surface area contributed by atoms with Crippen LogP contribution in [0.3, 0.4) is 0 Å². The number of hydrogen-bond acceptors (Lipinski definition) is 5. The van der Waals surface area contributed by atoms with Gasteiger partial charge in [0.1, 0.15) is 0 Å². The third-order valence-electron chi connectivity index (χ3n) is 3.59. The van der Waals surface area contributed by atoms with Crippen LogP contribution in [0.5, 0.6) is 0 Å². The van der Waals surface area contributed by atoms with Crippen molar-refractivity contribution in [2.75, 3.05) is 59.0 Å². The number of piperazine rings is 1. The van der Waals surface area contributed by atoms with Crippen molar-refractivity contribution in [3.05, 3.63) is 0 Å². The van der Waals surface area contributed by atoms with Gasteiger partial charge < -0.3 is 25.2 Å². The number of nitrogens with one attached hydrogen (secondary N) is 2. The molecule has 2 heterocycles. The zero-order chi connectivity index (χ0) is 15.1. The summed E-state index contributed by atoms with van der Waals surface area (Å²) in [5.74, 6) is -1.17. The van der Waals surface area contributed by atoms with Crippen LogP contribution in [0.15, 0.2) is 0 Å². The molecule has 2 rings (SSSR count). The zero-order valence-corrected chi connectivity index (χ0v) is 12.1. The molecule has 0 radical (unpaired) electrons. The highest BCUT2D eigenvalue weighted by atomic mass is 16.5. The maximum Gasteiger partial charge on any atom is 0.311 e. The van der Waals surface area contributed by atoms with E-state index in [4.69, 9.17) is 4.74 Å². The number of hydrogen-bond donors (Lipinski definition) is 2. The molecule has 2 aliphatic rings. The first-order chi connectivity index (χ1) is 10.2. The summed E-state index contributed by atoms with van der Waals surface area (Å²) < 4.78 is 5.17. The Labute approximate surface area is 123 Å². The normalized spacial score (nSPS) is 19.2. The van der Waals surface area contributed by atoms with Crippen molar-refractivity contribution in [2.45, 2.75) is 6.42 Å². The Hall–Kier alpha value is -1.67. The van der Waals surface area contributed by atoms with E-state index in [1.54, 1.807) is 4.90 Å². The fourth-order valence-electron chi connectivity index (χ4n) is 2.34. The van der Waals surface area contributed by atoms with Crippen LogP contribution >= 0.6 is 0 Å². The molecule has 0 atom stereocenters. The van der Waals surface area contributed by atoms with Gasteiger partial charge in [-0.3, -0.25) is 14.4 Å². The summed E-state index contributed by atoms with van der Waals surface area (Å²) in [5.41, 5.74) is 0. The van der Waals surface area contributed by atoms with E-state index in [9.17, 15) is 14.4 Å². The topological polar surface area (TPSA) is 91.0 Å². The molecule has 0 spiro atoms. The molecule has 0 unspecified atom stereocenters. The molecule has 0 aliphatic carbocycles. The molecule has 21 heavy (non-hydrogen) atoms. The zero-order valence-electron chi connectivity index (χ0n) is 12.1. The monoisotopic (exact) mass is 298 g/mol. The second-order valence-corrected chi connectivity index (χ2v) is 5.04. The molecule has 2 aliphatic heterocycles. The quantitative estimate of drug-likeness (QED) is 0.576. The van der Waals surface area contributed by atoms with E-state index < -0.39 is 11.8 Å². The molecule has 0 aromatic carbocycles. The summed E-state index contributed by atoms with van der Waals surface area (Å²) in [6.45, 7) is 4.96. The maximum atomic E-state index is 11.9. The van der Waals surface area contributed by atoms with Gasteiger partial charge in [-0.15, -0.1) is 0 Å². The summed E-state index contributed by atoms with van der Waals surface area (Å²) in [6.07, 6.45) is 0.209.